The number of benzene rings is 3. The van der Waals surface area contributed by atoms with Crippen molar-refractivity contribution in [3.05, 3.63) is 87.4 Å². The van der Waals surface area contributed by atoms with Crippen LogP contribution in [-0.4, -0.2) is 7.11 Å². The Hall–Kier alpha value is -2.17. The molecule has 3 nitrogen and oxygen atoms in total. The number of para-hydroxylation sites is 1. The number of ether oxygens (including phenoxy) is 2. The molecule has 3 aromatic rings. The van der Waals surface area contributed by atoms with E-state index in [4.69, 9.17) is 21.1 Å². The summed E-state index contributed by atoms with van der Waals surface area (Å²) < 4.78 is 12.3. The van der Waals surface area contributed by atoms with Gasteiger partial charge in [-0.15, -0.1) is 0 Å². The second-order valence-corrected chi connectivity index (χ2v) is 7.03. The monoisotopic (exact) mass is 431 g/mol. The zero-order chi connectivity index (χ0) is 18.4. The average Bonchev–Trinajstić information content (AvgIpc) is 2.67. The molecule has 0 saturated carbocycles. The number of halogens is 2. The maximum atomic E-state index is 5.97. The largest absolute Gasteiger partial charge is 0.493 e. The second kappa shape index (κ2) is 8.97. The van der Waals surface area contributed by atoms with Crippen LogP contribution in [0, 0.1) is 0 Å². The van der Waals surface area contributed by atoms with Crippen molar-refractivity contribution in [2.75, 3.05) is 12.4 Å². The van der Waals surface area contributed by atoms with E-state index >= 15 is 0 Å². The SMILES string of the molecule is COc1cc(CNc2ccccc2)cc(Br)c1OCc1ccc(Cl)cc1. The molecule has 134 valence electrons. The van der Waals surface area contributed by atoms with E-state index in [2.05, 4.69) is 21.2 Å². The fourth-order valence-corrected chi connectivity index (χ4v) is 3.24. The summed E-state index contributed by atoms with van der Waals surface area (Å²) >= 11 is 9.52. The van der Waals surface area contributed by atoms with Crippen LogP contribution in [0.15, 0.2) is 71.2 Å². The number of hydrogen-bond acceptors (Lipinski definition) is 3. The number of hydrogen-bond donors (Lipinski definition) is 1. The van der Waals surface area contributed by atoms with Crippen LogP contribution in [-0.2, 0) is 13.2 Å². The molecule has 0 saturated heterocycles. The Bertz CT molecular complexity index is 854. The van der Waals surface area contributed by atoms with E-state index in [0.29, 0.717) is 29.7 Å². The maximum Gasteiger partial charge on any atom is 0.175 e. The van der Waals surface area contributed by atoms with Gasteiger partial charge in [0.2, 0.25) is 0 Å². The Morgan fingerprint density at radius 3 is 2.38 bits per heavy atom. The van der Waals surface area contributed by atoms with Crippen LogP contribution >= 0.6 is 27.5 Å². The van der Waals surface area contributed by atoms with Gasteiger partial charge in [0.1, 0.15) is 6.61 Å². The number of nitrogens with one attached hydrogen (secondary N) is 1. The summed E-state index contributed by atoms with van der Waals surface area (Å²) in [6.45, 7) is 1.13. The second-order valence-electron chi connectivity index (χ2n) is 5.74. The summed E-state index contributed by atoms with van der Waals surface area (Å²) in [5.74, 6) is 1.38. The smallest absolute Gasteiger partial charge is 0.175 e. The summed E-state index contributed by atoms with van der Waals surface area (Å²) in [4.78, 5) is 0. The van der Waals surface area contributed by atoms with E-state index < -0.39 is 0 Å². The Balaban J connectivity index is 1.71. The molecule has 0 aliphatic carbocycles. The van der Waals surface area contributed by atoms with Gasteiger partial charge in [0.05, 0.1) is 11.6 Å². The Labute approximate surface area is 167 Å². The quantitative estimate of drug-likeness (QED) is 0.475. The average molecular weight is 433 g/mol. The van der Waals surface area contributed by atoms with Crippen molar-refractivity contribution in [3.63, 3.8) is 0 Å². The molecule has 0 heterocycles. The first-order valence-corrected chi connectivity index (χ1v) is 9.35. The van der Waals surface area contributed by atoms with Gasteiger partial charge in [-0.25, -0.2) is 0 Å². The molecule has 0 unspecified atom stereocenters. The van der Waals surface area contributed by atoms with Gasteiger partial charge in [-0.05, 0) is 63.5 Å². The van der Waals surface area contributed by atoms with Crippen molar-refractivity contribution in [2.45, 2.75) is 13.2 Å². The van der Waals surface area contributed by atoms with Gasteiger partial charge >= 0.3 is 0 Å². The molecule has 26 heavy (non-hydrogen) atoms. The van der Waals surface area contributed by atoms with E-state index in [1.54, 1.807) is 7.11 Å². The molecule has 0 fully saturated rings. The first-order valence-electron chi connectivity index (χ1n) is 8.18. The van der Waals surface area contributed by atoms with Crippen LogP contribution in [0.1, 0.15) is 11.1 Å². The van der Waals surface area contributed by atoms with Crippen LogP contribution in [0.2, 0.25) is 5.02 Å². The Morgan fingerprint density at radius 2 is 1.69 bits per heavy atom. The topological polar surface area (TPSA) is 30.5 Å². The van der Waals surface area contributed by atoms with E-state index in [1.165, 1.54) is 0 Å². The Morgan fingerprint density at radius 1 is 0.962 bits per heavy atom. The van der Waals surface area contributed by atoms with Gasteiger partial charge in [-0.2, -0.15) is 0 Å². The molecule has 1 N–H and O–H groups in total. The lowest BCUT2D eigenvalue weighted by Gasteiger charge is -2.15. The van der Waals surface area contributed by atoms with E-state index in [-0.39, 0.29) is 0 Å². The van der Waals surface area contributed by atoms with Gasteiger partial charge in [0.15, 0.2) is 11.5 Å². The molecule has 3 rings (SSSR count). The van der Waals surface area contributed by atoms with Crippen molar-refractivity contribution < 1.29 is 9.47 Å². The summed E-state index contributed by atoms with van der Waals surface area (Å²) in [5.41, 5.74) is 3.21. The van der Waals surface area contributed by atoms with E-state index in [0.717, 1.165) is 21.3 Å². The molecule has 0 aromatic heterocycles. The maximum absolute atomic E-state index is 5.97. The minimum Gasteiger partial charge on any atom is -0.493 e. The number of anilines is 1. The molecule has 0 aliphatic heterocycles. The van der Waals surface area contributed by atoms with Crippen LogP contribution in [0.5, 0.6) is 11.5 Å². The fraction of sp³-hybridized carbons (Fsp3) is 0.143. The molecule has 3 aromatic carbocycles. The first kappa shape index (κ1) is 18.6. The van der Waals surface area contributed by atoms with E-state index in [1.807, 2.05) is 66.7 Å². The van der Waals surface area contributed by atoms with Crippen LogP contribution in [0.25, 0.3) is 0 Å². The zero-order valence-corrected chi connectivity index (χ0v) is 16.7. The molecule has 0 spiro atoms. The van der Waals surface area contributed by atoms with Crippen molar-refractivity contribution >= 4 is 33.2 Å². The van der Waals surface area contributed by atoms with Crippen molar-refractivity contribution in [1.82, 2.24) is 0 Å². The van der Waals surface area contributed by atoms with Gasteiger partial charge in [0, 0.05) is 17.3 Å². The standard InChI is InChI=1S/C21H19BrClNO2/c1-25-20-12-16(13-24-18-5-3-2-4-6-18)11-19(22)21(20)26-14-15-7-9-17(23)10-8-15/h2-12,24H,13-14H2,1H3. The molecule has 5 heteroatoms. The molecule has 0 amide bonds. The fourth-order valence-electron chi connectivity index (χ4n) is 2.51. The van der Waals surface area contributed by atoms with Crippen LogP contribution < -0.4 is 14.8 Å². The first-order chi connectivity index (χ1) is 12.7. The van der Waals surface area contributed by atoms with Crippen molar-refractivity contribution in [3.8, 4) is 11.5 Å². The normalized spacial score (nSPS) is 10.4. The lowest BCUT2D eigenvalue weighted by atomic mass is 10.2. The van der Waals surface area contributed by atoms with Crippen molar-refractivity contribution in [2.24, 2.45) is 0 Å². The lowest BCUT2D eigenvalue weighted by molar-refractivity contribution is 0.282. The summed E-state index contributed by atoms with van der Waals surface area (Å²) in [5, 5.41) is 4.10. The summed E-state index contributed by atoms with van der Waals surface area (Å²) in [6, 6.07) is 21.7. The van der Waals surface area contributed by atoms with Gasteiger partial charge < -0.3 is 14.8 Å². The predicted octanol–water partition coefficient (Wildman–Crippen LogP) is 6.30. The molecule has 0 radical (unpaired) electrons. The highest BCUT2D eigenvalue weighted by Crippen LogP contribution is 2.37. The van der Waals surface area contributed by atoms with Gasteiger partial charge in [0.25, 0.3) is 0 Å². The lowest BCUT2D eigenvalue weighted by Crippen LogP contribution is -2.02. The third kappa shape index (κ3) is 4.93. The van der Waals surface area contributed by atoms with Crippen LogP contribution in [0.3, 0.4) is 0 Å². The third-order valence-electron chi connectivity index (χ3n) is 3.86. The minimum absolute atomic E-state index is 0.438. The number of rotatable bonds is 7. The van der Waals surface area contributed by atoms with Crippen LogP contribution in [0.4, 0.5) is 5.69 Å². The summed E-state index contributed by atoms with van der Waals surface area (Å²) in [7, 11) is 1.64. The third-order valence-corrected chi connectivity index (χ3v) is 4.70. The van der Waals surface area contributed by atoms with E-state index in [9.17, 15) is 0 Å². The highest BCUT2D eigenvalue weighted by molar-refractivity contribution is 9.10. The zero-order valence-electron chi connectivity index (χ0n) is 14.3. The number of methoxy groups -OCH3 is 1. The molecule has 0 aliphatic rings. The van der Waals surface area contributed by atoms with Gasteiger partial charge in [-0.3, -0.25) is 0 Å². The highest BCUT2D eigenvalue weighted by atomic mass is 79.9. The molecular weight excluding hydrogens is 414 g/mol. The van der Waals surface area contributed by atoms with Gasteiger partial charge in [-0.1, -0.05) is 41.9 Å². The molecule has 0 bridgehead atoms. The molecular formula is C21H19BrClNO2. The summed E-state index contributed by atoms with van der Waals surface area (Å²) in [6.07, 6.45) is 0. The Kier molecular flexibility index (Phi) is 6.42. The predicted molar refractivity (Wildman–Crippen MR) is 110 cm³/mol. The van der Waals surface area contributed by atoms with Crippen molar-refractivity contribution in [1.29, 1.82) is 0 Å². The minimum atomic E-state index is 0.438. The highest BCUT2D eigenvalue weighted by Gasteiger charge is 2.12. The molecule has 0 atom stereocenters.